The maximum absolute atomic E-state index is 13.7. The number of piperidine rings is 1. The van der Waals surface area contributed by atoms with Crippen molar-refractivity contribution in [2.24, 2.45) is 0 Å². The molecule has 45 heavy (non-hydrogen) atoms. The molecule has 1 saturated heterocycles. The topological polar surface area (TPSA) is 62.8 Å². The molecule has 3 aromatic rings. The van der Waals surface area contributed by atoms with Crippen molar-refractivity contribution in [2.45, 2.75) is 37.7 Å². The highest BCUT2D eigenvalue weighted by atomic mass is 32.1. The van der Waals surface area contributed by atoms with Crippen LogP contribution in [-0.4, -0.2) is 83.1 Å². The summed E-state index contributed by atoms with van der Waals surface area (Å²) in [4.78, 5) is 2.59. The van der Waals surface area contributed by atoms with Gasteiger partial charge in [-0.25, -0.2) is 0 Å². The molecule has 0 bridgehead atoms. The quantitative estimate of drug-likeness (QED) is 0.128. The molecular formula is C31H36F6N3O3PS. The molecule has 246 valence electrons. The van der Waals surface area contributed by atoms with Crippen LogP contribution in [0, 0.1) is 11.8 Å². The van der Waals surface area contributed by atoms with E-state index in [2.05, 4.69) is 27.4 Å². The summed E-state index contributed by atoms with van der Waals surface area (Å²) in [6.45, 7) is 4.67. The van der Waals surface area contributed by atoms with E-state index >= 15 is 0 Å². The molecule has 0 unspecified atom stereocenters. The van der Waals surface area contributed by atoms with Crippen molar-refractivity contribution < 1.29 is 40.4 Å². The molecule has 14 heteroatoms. The summed E-state index contributed by atoms with van der Waals surface area (Å²) in [5, 5.41) is 7.25. The average Bonchev–Trinajstić information content (AvgIpc) is 3.29. The van der Waals surface area contributed by atoms with Gasteiger partial charge in [0, 0.05) is 38.1 Å². The Kier molecular flexibility index (Phi) is 11.4. The van der Waals surface area contributed by atoms with Crippen LogP contribution >= 0.6 is 18.5 Å². The van der Waals surface area contributed by atoms with E-state index in [9.17, 15) is 30.9 Å². The number of rotatable bonds is 11. The van der Waals surface area contributed by atoms with Gasteiger partial charge in [-0.3, -0.25) is 0 Å². The van der Waals surface area contributed by atoms with Gasteiger partial charge in [0.15, 0.2) is 6.61 Å². The van der Waals surface area contributed by atoms with Crippen LogP contribution in [0.2, 0.25) is 0 Å². The molecule has 0 spiro atoms. The third-order valence-corrected chi connectivity index (χ3v) is 10.0. The van der Waals surface area contributed by atoms with Crippen molar-refractivity contribution in [1.82, 2.24) is 4.90 Å². The minimum absolute atomic E-state index is 0.0793. The molecule has 4 rings (SSSR count). The molecule has 1 aromatic heterocycles. The second-order valence-corrected chi connectivity index (χ2v) is 15.5. The zero-order valence-electron chi connectivity index (χ0n) is 25.2. The number of thiophene rings is 1. The maximum Gasteiger partial charge on any atom is 0.422 e. The van der Waals surface area contributed by atoms with Gasteiger partial charge in [0.1, 0.15) is 12.9 Å². The summed E-state index contributed by atoms with van der Waals surface area (Å²) in [7, 11) is -1.11. The Hall–Kier alpha value is -2.91. The molecule has 6 nitrogen and oxygen atoms in total. The summed E-state index contributed by atoms with van der Waals surface area (Å²) >= 11 is 1.18. The first kappa shape index (κ1) is 35.0. The third kappa shape index (κ3) is 10.3. The summed E-state index contributed by atoms with van der Waals surface area (Å²) < 4.78 is 103. The Morgan fingerprint density at radius 3 is 2.42 bits per heavy atom. The molecule has 0 saturated carbocycles. The summed E-state index contributed by atoms with van der Waals surface area (Å²) in [5.41, 5.74) is 1.05. The number of hydrogen-bond donors (Lipinski definition) is 2. The summed E-state index contributed by atoms with van der Waals surface area (Å²) in [5.74, 6) is 5.53. The Morgan fingerprint density at radius 2 is 1.78 bits per heavy atom. The lowest BCUT2D eigenvalue weighted by Gasteiger charge is -2.32. The van der Waals surface area contributed by atoms with E-state index in [0.29, 0.717) is 22.0 Å². The van der Waals surface area contributed by atoms with Crippen LogP contribution in [0.15, 0.2) is 36.4 Å². The Morgan fingerprint density at radius 1 is 1.04 bits per heavy atom. The predicted octanol–water partition coefficient (Wildman–Crippen LogP) is 7.18. The van der Waals surface area contributed by atoms with E-state index in [1.807, 2.05) is 6.07 Å². The number of likely N-dealkylation sites (tertiary alicyclic amines) is 1. The number of hydrogen-bond acceptors (Lipinski definition) is 7. The number of nitrogens with zero attached hydrogens (tertiary/aromatic N) is 1. The highest BCUT2D eigenvalue weighted by Gasteiger charge is 2.32. The minimum atomic E-state index is -4.58. The van der Waals surface area contributed by atoms with Crippen LogP contribution in [0.25, 0.3) is 10.1 Å². The normalized spacial score (nSPS) is 15.1. The minimum Gasteiger partial charge on any atom is -0.482 e. The van der Waals surface area contributed by atoms with Crippen molar-refractivity contribution in [3.8, 4) is 17.6 Å². The molecule has 2 N–H and O–H groups in total. The standard InChI is InChI=1S/C31H36F6N3O3PS/c1-42-17-16-40-14-11-21(12-15-40)39-26-7-4-6-23-24(19-30(32,33)34)28(45-29(23)26)8-5-13-38-25-10-9-22(44(2,3)41)18-27(25)43-20-31(35,36)37/h4,6-7,9-10,18,21,38-39H,11-17,19-20H2,1-3H3. The molecule has 2 aromatic carbocycles. The molecule has 1 aliphatic heterocycles. The number of benzene rings is 2. The van der Waals surface area contributed by atoms with E-state index in [4.69, 9.17) is 9.47 Å². The number of nitrogens with one attached hydrogen (secondary N) is 2. The van der Waals surface area contributed by atoms with Gasteiger partial charge in [-0.05, 0) is 61.4 Å². The van der Waals surface area contributed by atoms with E-state index < -0.39 is 32.5 Å². The molecule has 0 atom stereocenters. The summed E-state index contributed by atoms with van der Waals surface area (Å²) in [6, 6.07) is 9.73. The first-order valence-corrected chi connectivity index (χ1v) is 17.8. The smallest absolute Gasteiger partial charge is 0.422 e. The van der Waals surface area contributed by atoms with Gasteiger partial charge in [0.05, 0.1) is 40.5 Å². The predicted molar refractivity (Wildman–Crippen MR) is 169 cm³/mol. The number of methoxy groups -OCH3 is 1. The van der Waals surface area contributed by atoms with E-state index in [1.165, 1.54) is 42.9 Å². The van der Waals surface area contributed by atoms with Gasteiger partial charge in [0.2, 0.25) is 0 Å². The molecule has 1 aliphatic rings. The molecule has 0 aliphatic carbocycles. The first-order valence-electron chi connectivity index (χ1n) is 14.3. The number of halogens is 6. The fraction of sp³-hybridized carbons (Fsp3) is 0.484. The lowest BCUT2D eigenvalue weighted by molar-refractivity contribution is -0.153. The number of fused-ring (bicyclic) bond motifs is 1. The highest BCUT2D eigenvalue weighted by Crippen LogP contribution is 2.40. The second-order valence-electron chi connectivity index (χ2n) is 11.2. The fourth-order valence-electron chi connectivity index (χ4n) is 5.04. The first-order chi connectivity index (χ1) is 21.1. The molecule has 1 fully saturated rings. The second kappa shape index (κ2) is 14.7. The molecule has 0 amide bonds. The Labute approximate surface area is 262 Å². The SMILES string of the molecule is COCCN1CCC(Nc2cccc3c(CC(F)(F)F)c(C#CCNc4ccc(P(C)(C)=O)cc4OCC(F)(F)F)sc23)CC1. The monoisotopic (exact) mass is 675 g/mol. The van der Waals surface area contributed by atoms with E-state index in [1.54, 1.807) is 19.2 Å². The van der Waals surface area contributed by atoms with Gasteiger partial charge in [-0.15, -0.1) is 11.3 Å². The Balaban J connectivity index is 1.55. The number of ether oxygens (including phenoxy) is 2. The van der Waals surface area contributed by atoms with Crippen molar-refractivity contribution in [1.29, 1.82) is 0 Å². The zero-order valence-corrected chi connectivity index (χ0v) is 26.9. The van der Waals surface area contributed by atoms with Gasteiger partial charge < -0.3 is 29.6 Å². The highest BCUT2D eigenvalue weighted by molar-refractivity contribution is 7.70. The Bertz CT molecular complexity index is 1570. The van der Waals surface area contributed by atoms with Gasteiger partial charge >= 0.3 is 12.4 Å². The summed E-state index contributed by atoms with van der Waals surface area (Å²) in [6.07, 6.45) is -8.39. The molecular weight excluding hydrogens is 639 g/mol. The van der Waals surface area contributed by atoms with Crippen LogP contribution in [0.1, 0.15) is 23.3 Å². The van der Waals surface area contributed by atoms with Gasteiger partial charge in [0.25, 0.3) is 0 Å². The third-order valence-electron chi connectivity index (χ3n) is 7.30. The number of alkyl halides is 6. The van der Waals surface area contributed by atoms with E-state index in [0.717, 1.165) is 38.2 Å². The lowest BCUT2D eigenvalue weighted by Crippen LogP contribution is -2.40. The fourth-order valence-corrected chi connectivity index (χ4v) is 7.07. The van der Waals surface area contributed by atoms with Crippen LogP contribution in [0.4, 0.5) is 37.7 Å². The van der Waals surface area contributed by atoms with Crippen molar-refractivity contribution in [2.75, 3.05) is 70.5 Å². The molecule has 2 heterocycles. The largest absolute Gasteiger partial charge is 0.482 e. The van der Waals surface area contributed by atoms with Crippen molar-refractivity contribution in [3.05, 3.63) is 46.8 Å². The number of anilines is 2. The van der Waals surface area contributed by atoms with Crippen molar-refractivity contribution >= 4 is 45.2 Å². The van der Waals surface area contributed by atoms with Crippen LogP contribution in [0.3, 0.4) is 0 Å². The van der Waals surface area contributed by atoms with Crippen LogP contribution in [0.5, 0.6) is 5.75 Å². The van der Waals surface area contributed by atoms with Gasteiger partial charge in [-0.2, -0.15) is 26.3 Å². The average molecular weight is 676 g/mol. The maximum atomic E-state index is 13.7. The zero-order chi connectivity index (χ0) is 32.8. The van der Waals surface area contributed by atoms with Crippen LogP contribution < -0.4 is 20.7 Å². The van der Waals surface area contributed by atoms with Gasteiger partial charge in [-0.1, -0.05) is 24.0 Å². The lowest BCUT2D eigenvalue weighted by atomic mass is 10.0. The molecule has 0 radical (unpaired) electrons. The van der Waals surface area contributed by atoms with Crippen LogP contribution in [-0.2, 0) is 15.7 Å². The van der Waals surface area contributed by atoms with Crippen molar-refractivity contribution in [3.63, 3.8) is 0 Å². The van der Waals surface area contributed by atoms with E-state index in [-0.39, 0.29) is 34.5 Å².